The minimum Gasteiger partial charge on any atom is -0.469 e. The van der Waals surface area contributed by atoms with Gasteiger partial charge in [0, 0.05) is 10.4 Å². The van der Waals surface area contributed by atoms with E-state index in [0.29, 0.717) is 11.3 Å². The highest BCUT2D eigenvalue weighted by Gasteiger charge is 2.12. The summed E-state index contributed by atoms with van der Waals surface area (Å²) < 4.78 is 5.18. The van der Waals surface area contributed by atoms with Crippen LogP contribution in [-0.2, 0) is 0 Å². The van der Waals surface area contributed by atoms with Gasteiger partial charge in [0.05, 0.1) is 17.5 Å². The van der Waals surface area contributed by atoms with Crippen LogP contribution in [0.25, 0.3) is 11.3 Å². The Bertz CT molecular complexity index is 558. The van der Waals surface area contributed by atoms with Gasteiger partial charge >= 0.3 is 0 Å². The van der Waals surface area contributed by atoms with Gasteiger partial charge in [-0.25, -0.2) is 0 Å². The van der Waals surface area contributed by atoms with E-state index in [-0.39, 0.29) is 0 Å². The van der Waals surface area contributed by atoms with Crippen molar-refractivity contribution in [1.82, 2.24) is 0 Å². The van der Waals surface area contributed by atoms with E-state index in [2.05, 4.69) is 6.07 Å². The highest BCUT2D eigenvalue weighted by Crippen LogP contribution is 2.27. The summed E-state index contributed by atoms with van der Waals surface area (Å²) in [5.41, 5.74) is 7.74. The lowest BCUT2D eigenvalue weighted by Gasteiger charge is -2.02. The summed E-state index contributed by atoms with van der Waals surface area (Å²) in [6, 6.07) is 7.69. The van der Waals surface area contributed by atoms with E-state index in [1.807, 2.05) is 24.4 Å². The van der Waals surface area contributed by atoms with E-state index in [9.17, 15) is 0 Å². The second-order valence-electron chi connectivity index (χ2n) is 3.27. The molecule has 0 aliphatic heterocycles. The van der Waals surface area contributed by atoms with Crippen molar-refractivity contribution in [1.29, 1.82) is 5.26 Å². The van der Waals surface area contributed by atoms with Gasteiger partial charge in [-0.3, -0.25) is 0 Å². The third-order valence-electron chi connectivity index (χ3n) is 2.30. The Hall–Kier alpha value is -1.99. The van der Waals surface area contributed by atoms with Gasteiger partial charge in [-0.05, 0) is 24.4 Å². The molecule has 0 amide bonds. The maximum atomic E-state index is 9.15. The molecule has 2 N–H and O–H groups in total. The Morgan fingerprint density at radius 1 is 1.50 bits per heavy atom. The van der Waals surface area contributed by atoms with Crippen molar-refractivity contribution in [3.8, 4) is 6.07 Å². The molecule has 80 valence electrons. The van der Waals surface area contributed by atoms with Crippen molar-refractivity contribution < 1.29 is 4.42 Å². The number of rotatable bonds is 2. The standard InChI is InChI=1S/C12H10N2OS/c1-8-9(4-5-15-8)12(14)10(7-13)11-3-2-6-16-11/h2-6H,14H2,1H3/b12-10+. The first-order valence-electron chi connectivity index (χ1n) is 4.72. The summed E-state index contributed by atoms with van der Waals surface area (Å²) in [7, 11) is 0. The normalized spacial score (nSPS) is 12.0. The van der Waals surface area contributed by atoms with Gasteiger partial charge in [0.2, 0.25) is 0 Å². The lowest BCUT2D eigenvalue weighted by molar-refractivity contribution is 0.533. The second kappa shape index (κ2) is 4.25. The molecule has 0 fully saturated rings. The lowest BCUT2D eigenvalue weighted by Crippen LogP contribution is -1.99. The van der Waals surface area contributed by atoms with E-state index in [1.165, 1.54) is 11.3 Å². The maximum absolute atomic E-state index is 9.15. The smallest absolute Gasteiger partial charge is 0.110 e. The number of furan rings is 1. The zero-order chi connectivity index (χ0) is 11.5. The molecule has 0 aliphatic rings. The molecular weight excluding hydrogens is 220 g/mol. The first-order chi connectivity index (χ1) is 7.74. The number of nitriles is 1. The Balaban J connectivity index is 2.56. The molecule has 0 aromatic carbocycles. The third kappa shape index (κ3) is 1.73. The fourth-order valence-corrected chi connectivity index (χ4v) is 2.20. The Kier molecular flexibility index (Phi) is 2.80. The molecule has 2 rings (SSSR count). The summed E-state index contributed by atoms with van der Waals surface area (Å²) >= 11 is 1.50. The molecule has 0 radical (unpaired) electrons. The van der Waals surface area contributed by atoms with Crippen LogP contribution in [0.3, 0.4) is 0 Å². The van der Waals surface area contributed by atoms with Crippen molar-refractivity contribution in [2.75, 3.05) is 0 Å². The summed E-state index contributed by atoms with van der Waals surface area (Å²) in [4.78, 5) is 0.876. The summed E-state index contributed by atoms with van der Waals surface area (Å²) in [6.45, 7) is 1.83. The van der Waals surface area contributed by atoms with Crippen LogP contribution in [-0.4, -0.2) is 0 Å². The van der Waals surface area contributed by atoms with E-state index >= 15 is 0 Å². The molecule has 2 aromatic rings. The van der Waals surface area contributed by atoms with Crippen LogP contribution in [0.1, 0.15) is 16.2 Å². The van der Waals surface area contributed by atoms with Gasteiger partial charge in [-0.15, -0.1) is 11.3 Å². The predicted octanol–water partition coefficient (Wildman–Crippen LogP) is 3.00. The molecule has 3 nitrogen and oxygen atoms in total. The van der Waals surface area contributed by atoms with E-state index in [4.69, 9.17) is 15.4 Å². The van der Waals surface area contributed by atoms with E-state index in [0.717, 1.165) is 16.2 Å². The van der Waals surface area contributed by atoms with Crippen LogP contribution < -0.4 is 5.73 Å². The summed E-state index contributed by atoms with van der Waals surface area (Å²) in [6.07, 6.45) is 1.57. The predicted molar refractivity (Wildman–Crippen MR) is 64.4 cm³/mol. The van der Waals surface area contributed by atoms with Crippen LogP contribution in [0.2, 0.25) is 0 Å². The number of thiophene rings is 1. The molecule has 0 atom stereocenters. The van der Waals surface area contributed by atoms with Crippen LogP contribution in [0, 0.1) is 18.3 Å². The zero-order valence-corrected chi connectivity index (χ0v) is 9.54. The number of allylic oxidation sites excluding steroid dienone is 1. The number of hydrogen-bond donors (Lipinski definition) is 1. The molecule has 16 heavy (non-hydrogen) atoms. The maximum Gasteiger partial charge on any atom is 0.110 e. The molecular formula is C12H10N2OS. The fraction of sp³-hybridized carbons (Fsp3) is 0.0833. The van der Waals surface area contributed by atoms with Crippen molar-refractivity contribution >= 4 is 22.6 Å². The number of nitrogens with zero attached hydrogens (tertiary/aromatic N) is 1. The van der Waals surface area contributed by atoms with Gasteiger partial charge in [-0.1, -0.05) is 6.07 Å². The highest BCUT2D eigenvalue weighted by atomic mass is 32.1. The molecule has 0 saturated carbocycles. The topological polar surface area (TPSA) is 62.9 Å². The zero-order valence-electron chi connectivity index (χ0n) is 8.73. The van der Waals surface area contributed by atoms with E-state index in [1.54, 1.807) is 12.3 Å². The van der Waals surface area contributed by atoms with Crippen molar-refractivity contribution in [2.45, 2.75) is 6.92 Å². The quantitative estimate of drug-likeness (QED) is 0.806. The SMILES string of the molecule is Cc1occc1/C(N)=C(/C#N)c1cccs1. The number of hydrogen-bond acceptors (Lipinski definition) is 4. The number of nitrogens with two attached hydrogens (primary N) is 1. The largest absolute Gasteiger partial charge is 0.469 e. The monoisotopic (exact) mass is 230 g/mol. The first-order valence-corrected chi connectivity index (χ1v) is 5.60. The molecule has 0 bridgehead atoms. The number of aryl methyl sites for hydroxylation is 1. The summed E-state index contributed by atoms with van der Waals surface area (Å²) in [5, 5.41) is 11.1. The van der Waals surface area contributed by atoms with Gasteiger partial charge in [0.15, 0.2) is 0 Å². The van der Waals surface area contributed by atoms with Gasteiger partial charge in [-0.2, -0.15) is 5.26 Å². The van der Waals surface area contributed by atoms with Crippen LogP contribution in [0.5, 0.6) is 0 Å². The molecule has 0 unspecified atom stereocenters. The highest BCUT2D eigenvalue weighted by molar-refractivity contribution is 7.11. The minimum atomic E-state index is 0.469. The molecule has 4 heteroatoms. The van der Waals surface area contributed by atoms with Gasteiger partial charge < -0.3 is 10.2 Å². The average molecular weight is 230 g/mol. The van der Waals surface area contributed by atoms with Crippen LogP contribution >= 0.6 is 11.3 Å². The minimum absolute atomic E-state index is 0.469. The van der Waals surface area contributed by atoms with Crippen molar-refractivity contribution in [3.63, 3.8) is 0 Å². The Labute approximate surface area is 97.4 Å². The first kappa shape index (κ1) is 10.5. The summed E-state index contributed by atoms with van der Waals surface area (Å²) in [5.74, 6) is 0.724. The Morgan fingerprint density at radius 2 is 2.31 bits per heavy atom. The molecule has 0 aliphatic carbocycles. The molecule has 2 heterocycles. The fourth-order valence-electron chi connectivity index (χ4n) is 1.47. The molecule has 0 spiro atoms. The van der Waals surface area contributed by atoms with Crippen LogP contribution in [0.4, 0.5) is 0 Å². The van der Waals surface area contributed by atoms with Gasteiger partial charge in [0.25, 0.3) is 0 Å². The third-order valence-corrected chi connectivity index (χ3v) is 3.19. The molecule has 0 saturated heterocycles. The van der Waals surface area contributed by atoms with Crippen molar-refractivity contribution in [3.05, 3.63) is 46.0 Å². The van der Waals surface area contributed by atoms with Crippen molar-refractivity contribution in [2.24, 2.45) is 5.73 Å². The molecule has 2 aromatic heterocycles. The second-order valence-corrected chi connectivity index (χ2v) is 4.22. The Morgan fingerprint density at radius 3 is 2.81 bits per heavy atom. The average Bonchev–Trinajstić information content (AvgIpc) is 2.90. The van der Waals surface area contributed by atoms with E-state index < -0.39 is 0 Å². The lowest BCUT2D eigenvalue weighted by atomic mass is 10.1. The van der Waals surface area contributed by atoms with Crippen LogP contribution in [0.15, 0.2) is 34.3 Å². The van der Waals surface area contributed by atoms with Gasteiger partial charge in [0.1, 0.15) is 11.8 Å².